The number of hydrogen-bond acceptors (Lipinski definition) is 6. The Bertz CT molecular complexity index is 1510. The SMILES string of the molecule is C[C@H](c1cccc2ccccc12)N(CC1CCN(c2nc(C(=O)O)cs2)CC1c1ccccc1)C(=O)OC(C)(C)C. The Morgan fingerprint density at radius 3 is 2.49 bits per heavy atom. The topological polar surface area (TPSA) is 83.0 Å². The summed E-state index contributed by atoms with van der Waals surface area (Å²) in [5.41, 5.74) is 1.73. The summed E-state index contributed by atoms with van der Waals surface area (Å²) in [7, 11) is 0. The highest BCUT2D eigenvalue weighted by molar-refractivity contribution is 7.13. The van der Waals surface area contributed by atoms with Crippen molar-refractivity contribution in [2.45, 2.75) is 51.7 Å². The van der Waals surface area contributed by atoms with Gasteiger partial charge in [-0.25, -0.2) is 14.6 Å². The molecule has 3 aromatic carbocycles. The summed E-state index contributed by atoms with van der Waals surface area (Å²) in [5, 5.41) is 14.0. The van der Waals surface area contributed by atoms with Gasteiger partial charge in [-0.05, 0) is 61.9 Å². The van der Waals surface area contributed by atoms with Gasteiger partial charge in [0.25, 0.3) is 0 Å². The Morgan fingerprint density at radius 2 is 1.78 bits per heavy atom. The first-order valence-corrected chi connectivity index (χ1v) is 14.9. The molecular formula is C33H37N3O4S. The first kappa shape index (κ1) is 28.6. The highest BCUT2D eigenvalue weighted by Gasteiger charge is 2.37. The van der Waals surface area contributed by atoms with Crippen LogP contribution in [0.15, 0.2) is 78.2 Å². The van der Waals surface area contributed by atoms with Crippen molar-refractivity contribution < 1.29 is 19.4 Å². The highest BCUT2D eigenvalue weighted by atomic mass is 32.1. The van der Waals surface area contributed by atoms with Crippen LogP contribution in [0.4, 0.5) is 9.93 Å². The molecule has 214 valence electrons. The van der Waals surface area contributed by atoms with E-state index in [0.29, 0.717) is 13.1 Å². The summed E-state index contributed by atoms with van der Waals surface area (Å²) in [6.07, 6.45) is 0.501. The van der Waals surface area contributed by atoms with Crippen LogP contribution in [0.3, 0.4) is 0 Å². The number of hydrogen-bond donors (Lipinski definition) is 1. The van der Waals surface area contributed by atoms with Crippen molar-refractivity contribution >= 4 is 39.3 Å². The number of carboxylic acid groups (broad SMARTS) is 1. The molecule has 4 aromatic rings. The molecule has 0 bridgehead atoms. The van der Waals surface area contributed by atoms with Gasteiger partial charge in [0, 0.05) is 30.9 Å². The Hall–Kier alpha value is -3.91. The number of anilines is 1. The molecule has 0 aliphatic carbocycles. The van der Waals surface area contributed by atoms with Gasteiger partial charge < -0.3 is 19.6 Å². The number of rotatable bonds is 7. The largest absolute Gasteiger partial charge is 0.476 e. The molecule has 2 unspecified atom stereocenters. The van der Waals surface area contributed by atoms with Gasteiger partial charge in [-0.2, -0.15) is 0 Å². The number of carboxylic acids is 1. The molecule has 0 radical (unpaired) electrons. The second-order valence-electron chi connectivity index (χ2n) is 11.7. The summed E-state index contributed by atoms with van der Waals surface area (Å²) in [6, 6.07) is 24.7. The fourth-order valence-electron chi connectivity index (χ4n) is 5.73. The monoisotopic (exact) mass is 571 g/mol. The number of thiazole rings is 1. The first-order chi connectivity index (χ1) is 19.6. The number of benzene rings is 3. The second-order valence-corrected chi connectivity index (χ2v) is 12.5. The van der Waals surface area contributed by atoms with Crippen LogP contribution in [0.25, 0.3) is 10.8 Å². The lowest BCUT2D eigenvalue weighted by molar-refractivity contribution is 0.0121. The van der Waals surface area contributed by atoms with E-state index in [-0.39, 0.29) is 29.7 Å². The van der Waals surface area contributed by atoms with Crippen LogP contribution in [0.1, 0.15) is 67.7 Å². The smallest absolute Gasteiger partial charge is 0.410 e. The summed E-state index contributed by atoms with van der Waals surface area (Å²) in [6.45, 7) is 9.73. The Balaban J connectivity index is 1.48. The number of fused-ring (bicyclic) bond motifs is 1. The predicted molar refractivity (Wildman–Crippen MR) is 164 cm³/mol. The molecule has 41 heavy (non-hydrogen) atoms. The number of aromatic nitrogens is 1. The van der Waals surface area contributed by atoms with Crippen LogP contribution < -0.4 is 4.90 Å². The number of aromatic carboxylic acids is 1. The molecule has 1 saturated heterocycles. The van der Waals surface area contributed by atoms with Crippen molar-refractivity contribution in [3.05, 3.63) is 95.0 Å². The Morgan fingerprint density at radius 1 is 1.07 bits per heavy atom. The number of ether oxygens (including phenoxy) is 1. The minimum atomic E-state index is -1.02. The van der Waals surface area contributed by atoms with E-state index in [4.69, 9.17) is 4.74 Å². The Labute approximate surface area is 245 Å². The summed E-state index contributed by atoms with van der Waals surface area (Å²) in [5.74, 6) is -0.735. The van der Waals surface area contributed by atoms with Crippen molar-refractivity contribution in [3.63, 3.8) is 0 Å². The van der Waals surface area contributed by atoms with E-state index in [1.165, 1.54) is 16.9 Å². The van der Waals surface area contributed by atoms with Crippen molar-refractivity contribution in [2.24, 2.45) is 5.92 Å². The number of amides is 1. The predicted octanol–water partition coefficient (Wildman–Crippen LogP) is 7.60. The number of carbonyl (C=O) groups excluding carboxylic acids is 1. The average molecular weight is 572 g/mol. The second kappa shape index (κ2) is 11.9. The molecule has 1 aliphatic heterocycles. The molecule has 8 heteroatoms. The third-order valence-electron chi connectivity index (χ3n) is 7.77. The molecule has 0 saturated carbocycles. The molecule has 0 spiro atoms. The van der Waals surface area contributed by atoms with Crippen molar-refractivity contribution in [3.8, 4) is 0 Å². The minimum absolute atomic E-state index is 0.0726. The van der Waals surface area contributed by atoms with Crippen LogP contribution in [0.2, 0.25) is 0 Å². The number of piperidine rings is 1. The van der Waals surface area contributed by atoms with E-state index in [9.17, 15) is 14.7 Å². The lowest BCUT2D eigenvalue weighted by atomic mass is 9.80. The molecule has 1 amide bonds. The molecule has 7 nitrogen and oxygen atoms in total. The summed E-state index contributed by atoms with van der Waals surface area (Å²) >= 11 is 1.36. The molecular weight excluding hydrogens is 534 g/mol. The van der Waals surface area contributed by atoms with E-state index in [1.807, 2.05) is 62.1 Å². The average Bonchev–Trinajstić information content (AvgIpc) is 3.46. The van der Waals surface area contributed by atoms with Crippen LogP contribution in [-0.2, 0) is 4.74 Å². The van der Waals surface area contributed by atoms with E-state index in [1.54, 1.807) is 5.38 Å². The molecule has 1 aliphatic rings. The van der Waals surface area contributed by atoms with Crippen LogP contribution in [0.5, 0.6) is 0 Å². The lowest BCUT2D eigenvalue weighted by Gasteiger charge is -2.42. The van der Waals surface area contributed by atoms with Gasteiger partial charge in [0.1, 0.15) is 5.60 Å². The maximum Gasteiger partial charge on any atom is 0.410 e. The van der Waals surface area contributed by atoms with Gasteiger partial charge in [-0.15, -0.1) is 11.3 Å². The summed E-state index contributed by atoms with van der Waals surface area (Å²) < 4.78 is 5.97. The molecule has 1 fully saturated rings. The van der Waals surface area contributed by atoms with Crippen LogP contribution in [0, 0.1) is 5.92 Å². The number of carbonyl (C=O) groups is 2. The zero-order valence-corrected chi connectivity index (χ0v) is 24.8. The normalized spacial score (nSPS) is 18.2. The van der Waals surface area contributed by atoms with Gasteiger partial charge in [0.15, 0.2) is 10.8 Å². The molecule has 3 atom stereocenters. The van der Waals surface area contributed by atoms with Gasteiger partial charge in [0.05, 0.1) is 6.04 Å². The quantitative estimate of drug-likeness (QED) is 0.246. The maximum absolute atomic E-state index is 13.8. The van der Waals surface area contributed by atoms with Crippen molar-refractivity contribution in [1.29, 1.82) is 0 Å². The van der Waals surface area contributed by atoms with Gasteiger partial charge >= 0.3 is 12.1 Å². The fourth-order valence-corrected chi connectivity index (χ4v) is 6.56. The third kappa shape index (κ3) is 6.54. The van der Waals surface area contributed by atoms with Crippen LogP contribution >= 0.6 is 11.3 Å². The van der Waals surface area contributed by atoms with Gasteiger partial charge in [0.2, 0.25) is 0 Å². The zero-order valence-electron chi connectivity index (χ0n) is 24.0. The molecule has 2 heterocycles. The zero-order chi connectivity index (χ0) is 29.1. The maximum atomic E-state index is 13.8. The molecule has 1 N–H and O–H groups in total. The minimum Gasteiger partial charge on any atom is -0.476 e. The Kier molecular flexibility index (Phi) is 8.31. The van der Waals surface area contributed by atoms with E-state index < -0.39 is 11.6 Å². The molecule has 1 aromatic heterocycles. The number of nitrogens with zero attached hydrogens (tertiary/aromatic N) is 3. The molecule has 5 rings (SSSR count). The first-order valence-electron chi connectivity index (χ1n) is 14.1. The van der Waals surface area contributed by atoms with E-state index in [0.717, 1.165) is 34.4 Å². The van der Waals surface area contributed by atoms with Gasteiger partial charge in [-0.3, -0.25) is 0 Å². The highest BCUT2D eigenvalue weighted by Crippen LogP contribution is 2.38. The standard InChI is InChI=1S/C33H37N3O4S/c1-22(26-16-10-14-23-13-8-9-15-27(23)26)36(32(39)40-33(2,3)4)19-25-17-18-35(31-34-29(21-41-31)30(37)38)20-28(25)24-11-6-5-7-12-24/h5-16,21-22,25,28H,17-20H2,1-4H3,(H,37,38)/t22-,25?,28?/m1/s1. The van der Waals surface area contributed by atoms with Crippen LogP contribution in [-0.4, -0.2) is 52.3 Å². The summed E-state index contributed by atoms with van der Waals surface area (Å²) in [4.78, 5) is 33.7. The third-order valence-corrected chi connectivity index (χ3v) is 8.67. The van der Waals surface area contributed by atoms with Crippen molar-refractivity contribution in [2.75, 3.05) is 24.5 Å². The van der Waals surface area contributed by atoms with Crippen molar-refractivity contribution in [1.82, 2.24) is 9.88 Å². The lowest BCUT2D eigenvalue weighted by Crippen LogP contribution is -2.47. The fraction of sp³-hybridized carbons (Fsp3) is 0.364. The van der Waals surface area contributed by atoms with E-state index >= 15 is 0 Å². The van der Waals surface area contributed by atoms with Gasteiger partial charge in [-0.1, -0.05) is 72.8 Å². The van der Waals surface area contributed by atoms with E-state index in [2.05, 4.69) is 53.2 Å².